The molecule has 0 aromatic heterocycles. The van der Waals surface area contributed by atoms with Gasteiger partial charge in [0.25, 0.3) is 5.91 Å². The summed E-state index contributed by atoms with van der Waals surface area (Å²) in [5.41, 5.74) is 4.64. The van der Waals surface area contributed by atoms with Crippen molar-refractivity contribution in [3.05, 3.63) is 110 Å². The van der Waals surface area contributed by atoms with E-state index in [0.717, 1.165) is 11.1 Å². The molecular formula is C30H28Cl2N2O4. The number of carbonyl (C=O) groups is 3. The molecule has 1 aliphatic rings. The van der Waals surface area contributed by atoms with Crippen molar-refractivity contribution in [1.82, 2.24) is 4.90 Å². The molecule has 6 nitrogen and oxygen atoms in total. The van der Waals surface area contributed by atoms with Gasteiger partial charge in [-0.05, 0) is 68.3 Å². The summed E-state index contributed by atoms with van der Waals surface area (Å²) < 4.78 is 5.36. The van der Waals surface area contributed by atoms with Gasteiger partial charge in [0.2, 0.25) is 5.91 Å². The normalized spacial score (nSPS) is 15.4. The standard InChI is InChI=1S/C30H28Cl2N2O4/c1-4-38-30(37)28-19(3)34(27(35)16-24(28)21-10-13-25(31)26(32)15-21)17-20-6-5-7-22(14-20)29(36)33-23-11-8-18(2)9-12-23/h5-15,24H,4,16-17H2,1-3H3,(H,33,36). The van der Waals surface area contributed by atoms with Gasteiger partial charge >= 0.3 is 5.97 Å². The van der Waals surface area contributed by atoms with E-state index in [1.54, 1.807) is 55.1 Å². The van der Waals surface area contributed by atoms with Gasteiger partial charge in [-0.3, -0.25) is 9.59 Å². The maximum absolute atomic E-state index is 13.4. The second-order valence-electron chi connectivity index (χ2n) is 9.15. The predicted octanol–water partition coefficient (Wildman–Crippen LogP) is 6.91. The van der Waals surface area contributed by atoms with Gasteiger partial charge in [0.05, 0.1) is 28.8 Å². The largest absolute Gasteiger partial charge is 0.463 e. The summed E-state index contributed by atoms with van der Waals surface area (Å²) in [5.74, 6) is -1.40. The van der Waals surface area contributed by atoms with E-state index in [-0.39, 0.29) is 31.4 Å². The van der Waals surface area contributed by atoms with Crippen molar-refractivity contribution >= 4 is 46.7 Å². The summed E-state index contributed by atoms with van der Waals surface area (Å²) in [6, 6.07) is 19.7. The SMILES string of the molecule is CCOC(=O)C1=C(C)N(Cc2cccc(C(=O)Nc3ccc(C)cc3)c2)C(=O)CC1c1ccc(Cl)c(Cl)c1. The molecular weight excluding hydrogens is 523 g/mol. The molecule has 0 bridgehead atoms. The van der Waals surface area contributed by atoms with E-state index in [2.05, 4.69) is 5.32 Å². The molecule has 3 aromatic rings. The first kappa shape index (κ1) is 27.4. The third kappa shape index (κ3) is 6.09. The molecule has 2 amide bonds. The molecule has 38 heavy (non-hydrogen) atoms. The minimum absolute atomic E-state index is 0.0665. The lowest BCUT2D eigenvalue weighted by Crippen LogP contribution is -2.38. The van der Waals surface area contributed by atoms with E-state index in [0.29, 0.717) is 38.1 Å². The lowest BCUT2D eigenvalue weighted by molar-refractivity contribution is -0.140. The minimum atomic E-state index is -0.515. The quantitative estimate of drug-likeness (QED) is 0.324. The molecule has 0 spiro atoms. The van der Waals surface area contributed by atoms with Crippen molar-refractivity contribution in [2.45, 2.75) is 39.7 Å². The number of esters is 1. The molecule has 8 heteroatoms. The summed E-state index contributed by atoms with van der Waals surface area (Å²) in [4.78, 5) is 40.8. The fourth-order valence-corrected chi connectivity index (χ4v) is 4.83. The molecule has 0 fully saturated rings. The van der Waals surface area contributed by atoms with E-state index in [1.165, 1.54) is 0 Å². The number of amides is 2. The Hall–Kier alpha value is -3.61. The monoisotopic (exact) mass is 550 g/mol. The average Bonchev–Trinajstić information content (AvgIpc) is 2.89. The van der Waals surface area contributed by atoms with Crippen LogP contribution in [0, 0.1) is 6.92 Å². The van der Waals surface area contributed by atoms with Crippen molar-refractivity contribution in [3.63, 3.8) is 0 Å². The average molecular weight is 551 g/mol. The third-order valence-electron chi connectivity index (χ3n) is 6.50. The number of rotatable bonds is 7. The van der Waals surface area contributed by atoms with Gasteiger partial charge in [0, 0.05) is 29.3 Å². The van der Waals surface area contributed by atoms with Crippen LogP contribution in [0.2, 0.25) is 10.0 Å². The lowest BCUT2D eigenvalue weighted by atomic mass is 9.83. The summed E-state index contributed by atoms with van der Waals surface area (Å²) >= 11 is 12.3. The molecule has 1 unspecified atom stereocenters. The Kier molecular flexibility index (Phi) is 8.55. The summed E-state index contributed by atoms with van der Waals surface area (Å²) in [5, 5.41) is 3.63. The molecule has 1 aliphatic heterocycles. The summed E-state index contributed by atoms with van der Waals surface area (Å²) in [7, 11) is 0. The fourth-order valence-electron chi connectivity index (χ4n) is 4.52. The number of ether oxygens (including phenoxy) is 1. The second kappa shape index (κ2) is 11.8. The number of nitrogens with zero attached hydrogens (tertiary/aromatic N) is 1. The topological polar surface area (TPSA) is 75.7 Å². The van der Waals surface area contributed by atoms with Gasteiger partial charge in [-0.1, -0.05) is 59.1 Å². The van der Waals surface area contributed by atoms with Gasteiger partial charge in [0.1, 0.15) is 0 Å². The van der Waals surface area contributed by atoms with Crippen LogP contribution in [-0.2, 0) is 20.9 Å². The highest BCUT2D eigenvalue weighted by Gasteiger charge is 2.37. The number of carbonyl (C=O) groups excluding carboxylic acids is 3. The number of aryl methyl sites for hydroxylation is 1. The minimum Gasteiger partial charge on any atom is -0.463 e. The van der Waals surface area contributed by atoms with Crippen LogP contribution in [-0.4, -0.2) is 29.3 Å². The van der Waals surface area contributed by atoms with Crippen LogP contribution in [0.3, 0.4) is 0 Å². The highest BCUT2D eigenvalue weighted by molar-refractivity contribution is 6.42. The van der Waals surface area contributed by atoms with Crippen LogP contribution in [0.15, 0.2) is 78.0 Å². The second-order valence-corrected chi connectivity index (χ2v) is 9.96. The summed E-state index contributed by atoms with van der Waals surface area (Å²) in [6.45, 7) is 5.86. The third-order valence-corrected chi connectivity index (χ3v) is 7.24. The first-order valence-corrected chi connectivity index (χ1v) is 13.0. The Labute approximate surface area is 232 Å². The van der Waals surface area contributed by atoms with E-state index >= 15 is 0 Å². The smallest absolute Gasteiger partial charge is 0.336 e. The Morgan fingerprint density at radius 3 is 2.42 bits per heavy atom. The van der Waals surface area contributed by atoms with Gasteiger partial charge in [-0.2, -0.15) is 0 Å². The van der Waals surface area contributed by atoms with Crippen LogP contribution in [0.25, 0.3) is 0 Å². The van der Waals surface area contributed by atoms with Crippen molar-refractivity contribution in [2.75, 3.05) is 11.9 Å². The number of anilines is 1. The maximum Gasteiger partial charge on any atom is 0.336 e. The highest BCUT2D eigenvalue weighted by Crippen LogP contribution is 2.39. The molecule has 196 valence electrons. The Morgan fingerprint density at radius 2 is 1.74 bits per heavy atom. The number of nitrogens with one attached hydrogen (secondary N) is 1. The van der Waals surface area contributed by atoms with Gasteiger partial charge in [0.15, 0.2) is 0 Å². The van der Waals surface area contributed by atoms with Crippen LogP contribution in [0.5, 0.6) is 0 Å². The zero-order chi connectivity index (χ0) is 27.4. The Balaban J connectivity index is 1.62. The van der Waals surface area contributed by atoms with Crippen LogP contribution in [0.4, 0.5) is 5.69 Å². The number of hydrogen-bond acceptors (Lipinski definition) is 4. The van der Waals surface area contributed by atoms with Gasteiger partial charge < -0.3 is 15.0 Å². The van der Waals surface area contributed by atoms with Gasteiger partial charge in [-0.15, -0.1) is 0 Å². The predicted molar refractivity (Wildman–Crippen MR) is 149 cm³/mol. The van der Waals surface area contributed by atoms with Crippen LogP contribution in [0.1, 0.15) is 53.2 Å². The molecule has 4 rings (SSSR count). The van der Waals surface area contributed by atoms with Crippen LogP contribution < -0.4 is 5.32 Å². The number of benzene rings is 3. The van der Waals surface area contributed by atoms with E-state index < -0.39 is 11.9 Å². The molecule has 1 atom stereocenters. The Morgan fingerprint density at radius 1 is 1.00 bits per heavy atom. The van der Waals surface area contributed by atoms with Gasteiger partial charge in [-0.25, -0.2) is 4.79 Å². The first-order valence-electron chi connectivity index (χ1n) is 12.3. The van der Waals surface area contributed by atoms with Crippen LogP contribution >= 0.6 is 23.2 Å². The fraction of sp³-hybridized carbons (Fsp3) is 0.233. The van der Waals surface area contributed by atoms with E-state index in [4.69, 9.17) is 27.9 Å². The van der Waals surface area contributed by atoms with Crippen molar-refractivity contribution in [3.8, 4) is 0 Å². The number of halogens is 2. The lowest BCUT2D eigenvalue weighted by Gasteiger charge is -2.34. The van der Waals surface area contributed by atoms with E-state index in [1.807, 2.05) is 37.3 Å². The number of hydrogen-bond donors (Lipinski definition) is 1. The molecule has 0 saturated carbocycles. The molecule has 1 N–H and O–H groups in total. The molecule has 0 aliphatic carbocycles. The Bertz CT molecular complexity index is 1420. The molecule has 0 radical (unpaired) electrons. The molecule has 0 saturated heterocycles. The number of allylic oxidation sites excluding steroid dienone is 1. The van der Waals surface area contributed by atoms with Crippen molar-refractivity contribution in [1.29, 1.82) is 0 Å². The van der Waals surface area contributed by atoms with E-state index in [9.17, 15) is 14.4 Å². The molecule has 1 heterocycles. The first-order chi connectivity index (χ1) is 18.2. The zero-order valence-corrected chi connectivity index (χ0v) is 22.9. The summed E-state index contributed by atoms with van der Waals surface area (Å²) in [6.07, 6.45) is 0.0665. The zero-order valence-electron chi connectivity index (χ0n) is 21.4. The maximum atomic E-state index is 13.4. The molecule has 3 aromatic carbocycles. The van der Waals surface area contributed by atoms with Crippen molar-refractivity contribution in [2.24, 2.45) is 0 Å². The highest BCUT2D eigenvalue weighted by atomic mass is 35.5. The van der Waals surface area contributed by atoms with Crippen molar-refractivity contribution < 1.29 is 19.1 Å².